The van der Waals surface area contributed by atoms with Crippen molar-refractivity contribution in [2.45, 2.75) is 12.2 Å². The Balaban J connectivity index is 2.22. The van der Waals surface area contributed by atoms with Crippen LogP contribution in [0.1, 0.15) is 10.4 Å². The van der Waals surface area contributed by atoms with E-state index in [2.05, 4.69) is 15.9 Å². The van der Waals surface area contributed by atoms with E-state index in [9.17, 15) is 9.18 Å². The normalized spacial score (nSPS) is 22.8. The van der Waals surface area contributed by atoms with Crippen LogP contribution in [-0.2, 0) is 9.47 Å². The predicted molar refractivity (Wildman–Crippen MR) is 71.6 cm³/mol. The number of benzene rings is 1. The van der Waals surface area contributed by atoms with E-state index in [1.54, 1.807) is 31.3 Å². The maximum atomic E-state index is 13.8. The Morgan fingerprint density at radius 3 is 2.37 bits per heavy atom. The van der Waals surface area contributed by atoms with Gasteiger partial charge in [0.25, 0.3) is 5.91 Å². The van der Waals surface area contributed by atoms with E-state index >= 15 is 0 Å². The first-order chi connectivity index (χ1) is 9.08. The number of carbonyl (C=O) groups is 1. The average Bonchev–Trinajstić information content (AvgIpc) is 2.81. The Labute approximate surface area is 119 Å². The number of amides is 1. The SMILES string of the molecule is COC1CN(C(=O)c2c(F)cccc2Br)CC1OC. The molecular formula is C13H15BrFNO3. The van der Waals surface area contributed by atoms with Crippen molar-refractivity contribution < 1.29 is 18.7 Å². The summed E-state index contributed by atoms with van der Waals surface area (Å²) in [6.07, 6.45) is -0.362. The highest BCUT2D eigenvalue weighted by atomic mass is 79.9. The predicted octanol–water partition coefficient (Wildman–Crippen LogP) is 2.07. The standard InChI is InChI=1S/C13H15BrFNO3/c1-18-10-6-16(7-11(10)19-2)13(17)12-8(14)4-3-5-9(12)15/h3-5,10-11H,6-7H2,1-2H3. The lowest BCUT2D eigenvalue weighted by atomic mass is 10.2. The molecule has 0 saturated carbocycles. The van der Waals surface area contributed by atoms with Gasteiger partial charge in [-0.1, -0.05) is 6.07 Å². The molecule has 2 atom stereocenters. The topological polar surface area (TPSA) is 38.8 Å². The number of halogens is 2. The molecule has 0 N–H and O–H groups in total. The van der Waals surface area contributed by atoms with E-state index < -0.39 is 5.82 Å². The number of likely N-dealkylation sites (tertiary alicyclic amines) is 1. The van der Waals surface area contributed by atoms with Gasteiger partial charge in [0, 0.05) is 31.8 Å². The van der Waals surface area contributed by atoms with Gasteiger partial charge in [-0.05, 0) is 28.1 Å². The van der Waals surface area contributed by atoms with Gasteiger partial charge in [0.05, 0.1) is 5.56 Å². The molecule has 104 valence electrons. The minimum Gasteiger partial charge on any atom is -0.377 e. The molecule has 1 fully saturated rings. The summed E-state index contributed by atoms with van der Waals surface area (Å²) in [4.78, 5) is 13.9. The van der Waals surface area contributed by atoms with E-state index in [0.717, 1.165) is 0 Å². The number of ether oxygens (including phenoxy) is 2. The summed E-state index contributed by atoms with van der Waals surface area (Å²) in [6, 6.07) is 4.47. The van der Waals surface area contributed by atoms with Gasteiger partial charge in [-0.2, -0.15) is 0 Å². The van der Waals surface area contributed by atoms with E-state index in [1.165, 1.54) is 6.07 Å². The molecule has 2 rings (SSSR count). The van der Waals surface area contributed by atoms with Gasteiger partial charge in [-0.3, -0.25) is 4.79 Å². The molecule has 1 heterocycles. The van der Waals surface area contributed by atoms with Crippen molar-refractivity contribution in [3.63, 3.8) is 0 Å². The zero-order valence-corrected chi connectivity index (χ0v) is 12.3. The van der Waals surface area contributed by atoms with Gasteiger partial charge in [0.1, 0.15) is 18.0 Å². The molecule has 1 aromatic carbocycles. The molecule has 1 aliphatic rings. The molecule has 0 radical (unpaired) electrons. The Bertz CT molecular complexity index is 451. The number of hydrogen-bond acceptors (Lipinski definition) is 3. The van der Waals surface area contributed by atoms with Crippen LogP contribution in [0.5, 0.6) is 0 Å². The highest BCUT2D eigenvalue weighted by molar-refractivity contribution is 9.10. The zero-order chi connectivity index (χ0) is 14.0. The lowest BCUT2D eigenvalue weighted by molar-refractivity contribution is -0.00461. The number of rotatable bonds is 3. The highest BCUT2D eigenvalue weighted by Gasteiger charge is 2.37. The summed E-state index contributed by atoms with van der Waals surface area (Å²) in [5.74, 6) is -0.888. The van der Waals surface area contributed by atoms with Gasteiger partial charge in [0.15, 0.2) is 0 Å². The van der Waals surface area contributed by atoms with E-state index in [1.807, 2.05) is 0 Å². The number of hydrogen-bond donors (Lipinski definition) is 0. The van der Waals surface area contributed by atoms with Crippen LogP contribution in [0.3, 0.4) is 0 Å². The maximum absolute atomic E-state index is 13.8. The van der Waals surface area contributed by atoms with Crippen molar-refractivity contribution in [1.29, 1.82) is 0 Å². The third-order valence-corrected chi connectivity index (χ3v) is 3.95. The molecule has 1 aliphatic heterocycles. The number of methoxy groups -OCH3 is 2. The average molecular weight is 332 g/mol. The van der Waals surface area contributed by atoms with Crippen LogP contribution in [0.2, 0.25) is 0 Å². The van der Waals surface area contributed by atoms with Crippen LogP contribution >= 0.6 is 15.9 Å². The van der Waals surface area contributed by atoms with E-state index in [4.69, 9.17) is 9.47 Å². The first-order valence-corrected chi connectivity index (χ1v) is 6.66. The minimum atomic E-state index is -0.533. The second-order valence-corrected chi connectivity index (χ2v) is 5.21. The first-order valence-electron chi connectivity index (χ1n) is 5.87. The largest absolute Gasteiger partial charge is 0.377 e. The van der Waals surface area contributed by atoms with Crippen molar-refractivity contribution in [3.8, 4) is 0 Å². The van der Waals surface area contributed by atoms with Crippen LogP contribution < -0.4 is 0 Å². The molecule has 0 aromatic heterocycles. The van der Waals surface area contributed by atoms with Crippen LogP contribution in [0.15, 0.2) is 22.7 Å². The molecule has 4 nitrogen and oxygen atoms in total. The van der Waals surface area contributed by atoms with E-state index in [-0.39, 0.29) is 23.7 Å². The highest BCUT2D eigenvalue weighted by Crippen LogP contribution is 2.24. The molecule has 1 amide bonds. The third-order valence-electron chi connectivity index (χ3n) is 3.28. The quantitative estimate of drug-likeness (QED) is 0.851. The van der Waals surface area contributed by atoms with Gasteiger partial charge in [-0.25, -0.2) is 4.39 Å². The summed E-state index contributed by atoms with van der Waals surface area (Å²) in [5, 5.41) is 0. The fourth-order valence-corrected chi connectivity index (χ4v) is 2.73. The van der Waals surface area contributed by atoms with Crippen LogP contribution in [0.4, 0.5) is 4.39 Å². The van der Waals surface area contributed by atoms with Crippen molar-refractivity contribution >= 4 is 21.8 Å². The molecule has 0 spiro atoms. The van der Waals surface area contributed by atoms with Crippen LogP contribution in [0.25, 0.3) is 0 Å². The molecule has 1 aromatic rings. The van der Waals surface area contributed by atoms with Crippen molar-refractivity contribution in [3.05, 3.63) is 34.1 Å². The smallest absolute Gasteiger partial charge is 0.258 e. The molecule has 6 heteroatoms. The zero-order valence-electron chi connectivity index (χ0n) is 10.7. The Hall–Kier alpha value is -0.980. The van der Waals surface area contributed by atoms with Crippen molar-refractivity contribution in [2.75, 3.05) is 27.3 Å². The van der Waals surface area contributed by atoms with Gasteiger partial charge in [-0.15, -0.1) is 0 Å². The summed E-state index contributed by atoms with van der Waals surface area (Å²) < 4.78 is 24.8. The second-order valence-electron chi connectivity index (χ2n) is 4.36. The summed E-state index contributed by atoms with van der Waals surface area (Å²) in [5.41, 5.74) is 0.0501. The molecule has 2 unspecified atom stereocenters. The van der Waals surface area contributed by atoms with Crippen LogP contribution in [-0.4, -0.2) is 50.3 Å². The van der Waals surface area contributed by atoms with Crippen molar-refractivity contribution in [2.24, 2.45) is 0 Å². The lowest BCUT2D eigenvalue weighted by Crippen LogP contribution is -2.31. The van der Waals surface area contributed by atoms with Crippen LogP contribution in [0, 0.1) is 5.82 Å². The van der Waals surface area contributed by atoms with Gasteiger partial charge < -0.3 is 14.4 Å². The third kappa shape index (κ3) is 2.80. The van der Waals surface area contributed by atoms with Gasteiger partial charge >= 0.3 is 0 Å². The molecule has 0 bridgehead atoms. The Kier molecular flexibility index (Phi) is 4.54. The molecular weight excluding hydrogens is 317 g/mol. The number of nitrogens with zero attached hydrogens (tertiary/aromatic N) is 1. The fraction of sp³-hybridized carbons (Fsp3) is 0.462. The molecule has 1 saturated heterocycles. The van der Waals surface area contributed by atoms with E-state index in [0.29, 0.717) is 17.6 Å². The maximum Gasteiger partial charge on any atom is 0.258 e. The number of carbonyl (C=O) groups excluding carboxylic acids is 1. The Morgan fingerprint density at radius 2 is 1.89 bits per heavy atom. The molecule has 0 aliphatic carbocycles. The summed E-state index contributed by atoms with van der Waals surface area (Å²) >= 11 is 3.21. The fourth-order valence-electron chi connectivity index (χ4n) is 2.22. The lowest BCUT2D eigenvalue weighted by Gasteiger charge is -2.17. The second kappa shape index (κ2) is 5.98. The van der Waals surface area contributed by atoms with Crippen molar-refractivity contribution in [1.82, 2.24) is 4.90 Å². The van der Waals surface area contributed by atoms with Gasteiger partial charge in [0.2, 0.25) is 0 Å². The first kappa shape index (κ1) is 14.4. The minimum absolute atomic E-state index is 0.0501. The Morgan fingerprint density at radius 1 is 1.32 bits per heavy atom. The monoisotopic (exact) mass is 331 g/mol. The summed E-state index contributed by atoms with van der Waals surface area (Å²) in [6.45, 7) is 0.795. The molecule has 19 heavy (non-hydrogen) atoms. The summed E-state index contributed by atoms with van der Waals surface area (Å²) in [7, 11) is 3.15.